The summed E-state index contributed by atoms with van der Waals surface area (Å²) < 4.78 is 27.6. The Labute approximate surface area is 270 Å². The summed E-state index contributed by atoms with van der Waals surface area (Å²) in [6.45, 7) is 1.33. The summed E-state index contributed by atoms with van der Waals surface area (Å²) in [6.07, 6.45) is 2.42. The second-order valence-electron chi connectivity index (χ2n) is 11.3. The number of aliphatic hydroxyl groups excluding tert-OH is 1. The second kappa shape index (κ2) is 13.8. The van der Waals surface area contributed by atoms with E-state index in [0.717, 1.165) is 26.8 Å². The summed E-state index contributed by atoms with van der Waals surface area (Å²) >= 11 is 0. The second-order valence-corrected chi connectivity index (χ2v) is 11.3. The number of esters is 1. The first kappa shape index (κ1) is 32.5. The summed E-state index contributed by atoms with van der Waals surface area (Å²) in [6, 6.07) is 10.7. The summed E-state index contributed by atoms with van der Waals surface area (Å²) in [7, 11) is 0. The van der Waals surface area contributed by atoms with E-state index in [4.69, 9.17) is 25.4 Å². The van der Waals surface area contributed by atoms with Crippen LogP contribution in [0, 0.1) is 12.3 Å². The number of terminal acetylenes is 1. The molecule has 2 fully saturated rings. The first-order valence-electron chi connectivity index (χ1n) is 14.9. The van der Waals surface area contributed by atoms with Crippen molar-refractivity contribution in [2.24, 2.45) is 0 Å². The van der Waals surface area contributed by atoms with Crippen LogP contribution in [0.5, 0.6) is 0 Å². The molecular weight excluding hydrogens is 630 g/mol. The number of aliphatic hydroxyl groups is 1. The van der Waals surface area contributed by atoms with Crippen molar-refractivity contribution in [3.63, 3.8) is 0 Å². The zero-order valence-electron chi connectivity index (χ0n) is 25.4. The summed E-state index contributed by atoms with van der Waals surface area (Å²) in [5.41, 5.74) is -1.55. The van der Waals surface area contributed by atoms with Gasteiger partial charge in [0, 0.05) is 50.5 Å². The maximum absolute atomic E-state index is 12.7. The fourth-order valence-corrected chi connectivity index (χ4v) is 5.97. The lowest BCUT2D eigenvalue weighted by atomic mass is 10.0. The molecule has 17 nitrogen and oxygen atoms in total. The van der Waals surface area contributed by atoms with Gasteiger partial charge in [0.2, 0.25) is 0 Å². The van der Waals surface area contributed by atoms with Crippen molar-refractivity contribution in [3.8, 4) is 12.3 Å². The van der Waals surface area contributed by atoms with Gasteiger partial charge in [0.25, 0.3) is 11.1 Å². The van der Waals surface area contributed by atoms with Gasteiger partial charge in [0.05, 0.1) is 24.5 Å². The lowest BCUT2D eigenvalue weighted by Gasteiger charge is -2.24. The van der Waals surface area contributed by atoms with Gasteiger partial charge in [-0.3, -0.25) is 33.5 Å². The largest absolute Gasteiger partial charge is 0.455 e. The lowest BCUT2D eigenvalue weighted by Crippen LogP contribution is -2.39. The molecule has 17 heteroatoms. The van der Waals surface area contributed by atoms with Crippen LogP contribution in [-0.4, -0.2) is 75.7 Å². The van der Waals surface area contributed by atoms with Crippen LogP contribution in [0.1, 0.15) is 43.1 Å². The SMILES string of the molecule is C#CC[C@H]1O[C@@H](n2ccc(=O)[nH]c2=O)[C@H](OC(C)=O)[C@@H]1n1cc(C[C@H]2O[C@@H](n3ccc(=O)[nH]c3=O)[C@H](O)[C@@H]2OCc2ccccc2)nn1. The van der Waals surface area contributed by atoms with E-state index in [9.17, 15) is 29.1 Å². The van der Waals surface area contributed by atoms with E-state index in [1.807, 2.05) is 30.3 Å². The van der Waals surface area contributed by atoms with Crippen molar-refractivity contribution in [1.82, 2.24) is 34.1 Å². The molecule has 2 aliphatic rings. The summed E-state index contributed by atoms with van der Waals surface area (Å²) in [5, 5.41) is 19.9. The van der Waals surface area contributed by atoms with Gasteiger partial charge >= 0.3 is 17.3 Å². The van der Waals surface area contributed by atoms with Gasteiger partial charge in [0.1, 0.15) is 18.2 Å². The number of hydrogen-bond acceptors (Lipinski definition) is 12. The number of aromatic nitrogens is 7. The third-order valence-electron chi connectivity index (χ3n) is 8.05. The highest BCUT2D eigenvalue weighted by molar-refractivity contribution is 5.66. The molecule has 3 aromatic heterocycles. The van der Waals surface area contributed by atoms with Crippen molar-refractivity contribution >= 4 is 5.97 Å². The molecule has 0 bridgehead atoms. The number of carbonyl (C=O) groups is 1. The van der Waals surface area contributed by atoms with Gasteiger partial charge in [-0.15, -0.1) is 17.4 Å². The molecule has 0 aliphatic carbocycles. The molecule has 250 valence electrons. The zero-order valence-corrected chi connectivity index (χ0v) is 25.4. The van der Waals surface area contributed by atoms with Crippen LogP contribution in [0.15, 0.2) is 80.2 Å². The topological polar surface area (TPSA) is 215 Å². The van der Waals surface area contributed by atoms with E-state index in [1.165, 1.54) is 24.0 Å². The number of carbonyl (C=O) groups excluding carboxylic acids is 1. The number of nitrogens with zero attached hydrogens (tertiary/aromatic N) is 5. The molecule has 0 saturated carbocycles. The van der Waals surface area contributed by atoms with Crippen molar-refractivity contribution in [2.75, 3.05) is 0 Å². The molecule has 0 spiro atoms. The van der Waals surface area contributed by atoms with E-state index >= 15 is 0 Å². The fourth-order valence-electron chi connectivity index (χ4n) is 5.97. The molecule has 0 amide bonds. The predicted octanol–water partition coefficient (Wildman–Crippen LogP) is -0.842. The van der Waals surface area contributed by atoms with E-state index in [-0.39, 0.29) is 19.4 Å². The number of nitrogens with one attached hydrogen (secondary N) is 2. The van der Waals surface area contributed by atoms with Crippen LogP contribution in [0.25, 0.3) is 0 Å². The highest BCUT2D eigenvalue weighted by atomic mass is 16.6. The minimum Gasteiger partial charge on any atom is -0.455 e. The van der Waals surface area contributed by atoms with E-state index in [2.05, 4.69) is 26.2 Å². The fraction of sp³-hybridized carbons (Fsp3) is 0.387. The molecule has 0 radical (unpaired) electrons. The van der Waals surface area contributed by atoms with E-state index < -0.39 is 77.5 Å². The number of benzene rings is 1. The normalized spacial score (nSPS) is 26.7. The Kier molecular flexibility index (Phi) is 9.32. The molecule has 2 aliphatic heterocycles. The Morgan fingerprint density at radius 2 is 1.60 bits per heavy atom. The number of rotatable bonds is 10. The van der Waals surface area contributed by atoms with Crippen molar-refractivity contribution in [1.29, 1.82) is 0 Å². The molecule has 48 heavy (non-hydrogen) atoms. The minimum atomic E-state index is -1.31. The van der Waals surface area contributed by atoms with Crippen LogP contribution in [0.4, 0.5) is 0 Å². The summed E-state index contributed by atoms with van der Waals surface area (Å²) in [5.74, 6) is 1.87. The number of aromatic amines is 2. The molecule has 1 aromatic carbocycles. The predicted molar refractivity (Wildman–Crippen MR) is 163 cm³/mol. The quantitative estimate of drug-likeness (QED) is 0.140. The van der Waals surface area contributed by atoms with Gasteiger partial charge in [-0.05, 0) is 5.56 Å². The molecule has 3 N–H and O–H groups in total. The lowest BCUT2D eigenvalue weighted by molar-refractivity contribution is -0.153. The van der Waals surface area contributed by atoms with Gasteiger partial charge in [-0.2, -0.15) is 0 Å². The van der Waals surface area contributed by atoms with Crippen LogP contribution in [0.3, 0.4) is 0 Å². The smallest absolute Gasteiger partial charge is 0.330 e. The number of H-pyrrole nitrogens is 2. The highest BCUT2D eigenvalue weighted by Gasteiger charge is 2.50. The van der Waals surface area contributed by atoms with E-state index in [0.29, 0.717) is 5.69 Å². The first-order chi connectivity index (χ1) is 23.1. The summed E-state index contributed by atoms with van der Waals surface area (Å²) in [4.78, 5) is 65.1. The average molecular weight is 662 g/mol. The standard InChI is InChI=1S/C31H31N7O10/c1-3-7-20-24(27(46-17(2)39)29(47-20)37-13-11-23(41)33-31(37)44)38-15-19(34-35-38)14-21-26(45-16-18-8-5-4-6-9-18)25(42)28(48-21)36-12-10-22(40)32-30(36)43/h1,4-6,8-13,15,20-21,24-29,42H,7,14,16H2,2H3,(H,32,40,43)(H,33,41,44)/t20-,21-,24-,25-,26-,27-,28-,29-/m1/s1. The molecule has 2 saturated heterocycles. The van der Waals surface area contributed by atoms with Gasteiger partial charge in [-0.25, -0.2) is 14.3 Å². The first-order valence-corrected chi connectivity index (χ1v) is 14.9. The van der Waals surface area contributed by atoms with Crippen LogP contribution >= 0.6 is 0 Å². The Morgan fingerprint density at radius 1 is 0.958 bits per heavy atom. The number of hydrogen-bond donors (Lipinski definition) is 3. The molecule has 6 rings (SSSR count). The van der Waals surface area contributed by atoms with Crippen LogP contribution < -0.4 is 22.5 Å². The molecule has 4 aromatic rings. The third kappa shape index (κ3) is 6.68. The highest BCUT2D eigenvalue weighted by Crippen LogP contribution is 2.40. The molecular formula is C31H31N7O10. The zero-order chi connectivity index (χ0) is 33.9. The molecule has 8 atom stereocenters. The van der Waals surface area contributed by atoms with Crippen LogP contribution in [-0.2, 0) is 36.8 Å². The third-order valence-corrected chi connectivity index (χ3v) is 8.05. The van der Waals surface area contributed by atoms with Gasteiger partial charge < -0.3 is 24.1 Å². The Hall–Kier alpha value is -5.41. The average Bonchev–Trinajstić information content (AvgIpc) is 3.72. The molecule has 5 heterocycles. The monoisotopic (exact) mass is 661 g/mol. The molecule has 0 unspecified atom stereocenters. The van der Waals surface area contributed by atoms with E-state index in [1.54, 1.807) is 6.20 Å². The number of ether oxygens (including phenoxy) is 4. The van der Waals surface area contributed by atoms with Crippen molar-refractivity contribution < 1.29 is 28.8 Å². The van der Waals surface area contributed by atoms with Crippen molar-refractivity contribution in [3.05, 3.63) is 114 Å². The van der Waals surface area contributed by atoms with Gasteiger partial charge in [-0.1, -0.05) is 35.5 Å². The Morgan fingerprint density at radius 3 is 2.23 bits per heavy atom. The minimum absolute atomic E-state index is 0.0508. The maximum atomic E-state index is 12.7. The van der Waals surface area contributed by atoms with Crippen molar-refractivity contribution in [2.45, 2.75) is 75.4 Å². The Balaban J connectivity index is 1.29. The maximum Gasteiger partial charge on any atom is 0.330 e. The van der Waals surface area contributed by atoms with Crippen LogP contribution in [0.2, 0.25) is 0 Å². The Bertz CT molecular complexity index is 2040. The van der Waals surface area contributed by atoms with Gasteiger partial charge in [0.15, 0.2) is 18.6 Å².